The molecule has 4 rings (SSSR count). The summed E-state index contributed by atoms with van der Waals surface area (Å²) in [6.45, 7) is 4.29. The number of aromatic nitrogens is 1. The van der Waals surface area contributed by atoms with E-state index in [1.165, 1.54) is 28.8 Å². The number of carbonyl (C=O) groups is 2. The Kier molecular flexibility index (Phi) is 10.7. The minimum absolute atomic E-state index is 0.197. The second kappa shape index (κ2) is 13.5. The first-order valence-electron chi connectivity index (χ1n) is 10.5. The highest BCUT2D eigenvalue weighted by Gasteiger charge is 2.32. The highest BCUT2D eigenvalue weighted by Crippen LogP contribution is 2.33. The fraction of sp³-hybridized carbons (Fsp3) is 0.154. The number of hydrogen-bond acceptors (Lipinski definition) is 6. The molecule has 1 fully saturated rings. The number of halogens is 1. The van der Waals surface area contributed by atoms with Crippen molar-refractivity contribution in [3.63, 3.8) is 0 Å². The van der Waals surface area contributed by atoms with Crippen LogP contribution in [-0.4, -0.2) is 38.6 Å². The number of aliphatic hydroxyl groups is 1. The number of carbonyl (C=O) groups excluding carboxylic acids is 2. The molecule has 0 bridgehead atoms. The van der Waals surface area contributed by atoms with Crippen LogP contribution in [0.4, 0.5) is 4.39 Å². The molecule has 176 valence electrons. The highest BCUT2D eigenvalue weighted by atomic mass is 32.2. The summed E-state index contributed by atoms with van der Waals surface area (Å²) in [5.41, 5.74) is 3.64. The molecule has 3 aromatic rings. The molecule has 34 heavy (non-hydrogen) atoms. The van der Waals surface area contributed by atoms with E-state index in [1.807, 2.05) is 44.2 Å². The summed E-state index contributed by atoms with van der Waals surface area (Å²) in [6.07, 6.45) is 2.51. The lowest BCUT2D eigenvalue weighted by molar-refractivity contribution is -0.122. The third kappa shape index (κ3) is 6.90. The third-order valence-corrected chi connectivity index (χ3v) is 5.90. The Bertz CT molecular complexity index is 1160. The summed E-state index contributed by atoms with van der Waals surface area (Å²) in [4.78, 5) is 30.3. The molecular formula is C26H25FN2O3S2. The van der Waals surface area contributed by atoms with E-state index in [4.69, 9.17) is 17.3 Å². The molecule has 5 nitrogen and oxygen atoms in total. The van der Waals surface area contributed by atoms with Crippen LogP contribution in [0.3, 0.4) is 0 Å². The Labute approximate surface area is 208 Å². The minimum Gasteiger partial charge on any atom is -0.400 e. The zero-order valence-electron chi connectivity index (χ0n) is 19.1. The topological polar surface area (TPSA) is 70.5 Å². The van der Waals surface area contributed by atoms with E-state index in [0.29, 0.717) is 27.0 Å². The van der Waals surface area contributed by atoms with Gasteiger partial charge < -0.3 is 5.11 Å². The average Bonchev–Trinajstić information content (AvgIpc) is 3.15. The lowest BCUT2D eigenvalue weighted by Gasteiger charge is -2.14. The predicted octanol–water partition coefficient (Wildman–Crippen LogP) is 5.74. The van der Waals surface area contributed by atoms with Crippen LogP contribution in [-0.2, 0) is 11.3 Å². The molecule has 1 aromatic heterocycles. The van der Waals surface area contributed by atoms with Crippen LogP contribution in [0.5, 0.6) is 0 Å². The van der Waals surface area contributed by atoms with Gasteiger partial charge in [0.05, 0.1) is 22.8 Å². The summed E-state index contributed by atoms with van der Waals surface area (Å²) < 4.78 is 13.6. The molecular weight excluding hydrogens is 471 g/mol. The fourth-order valence-corrected chi connectivity index (χ4v) is 4.21. The van der Waals surface area contributed by atoms with Crippen LogP contribution in [0, 0.1) is 5.82 Å². The number of aliphatic hydroxyl groups excluding tert-OH is 1. The Morgan fingerprint density at radius 3 is 2.29 bits per heavy atom. The Hall–Kier alpha value is -3.20. The zero-order valence-corrected chi connectivity index (χ0v) is 20.7. The smallest absolute Gasteiger partial charge is 0.266 e. The molecule has 1 N–H and O–H groups in total. The Balaban J connectivity index is 0.000000970. The summed E-state index contributed by atoms with van der Waals surface area (Å²) in [5.74, 6) is -0.521. The molecule has 0 atom stereocenters. The number of nitrogens with zero attached hydrogens (tertiary/aromatic N) is 2. The first kappa shape index (κ1) is 27.0. The van der Waals surface area contributed by atoms with Gasteiger partial charge in [0.1, 0.15) is 16.4 Å². The molecule has 1 saturated heterocycles. The van der Waals surface area contributed by atoms with Gasteiger partial charge in [0.15, 0.2) is 0 Å². The van der Waals surface area contributed by atoms with Crippen molar-refractivity contribution in [2.45, 2.75) is 20.4 Å². The van der Waals surface area contributed by atoms with Crippen LogP contribution in [0.2, 0.25) is 0 Å². The van der Waals surface area contributed by atoms with Gasteiger partial charge in [-0.15, -0.1) is 0 Å². The number of thiocarbonyl (C=S) groups is 1. The van der Waals surface area contributed by atoms with Gasteiger partial charge in [-0.2, -0.15) is 0 Å². The average molecular weight is 497 g/mol. The monoisotopic (exact) mass is 496 g/mol. The molecule has 8 heteroatoms. The van der Waals surface area contributed by atoms with E-state index in [1.54, 1.807) is 30.3 Å². The molecule has 0 saturated carbocycles. The molecule has 0 aliphatic carbocycles. The van der Waals surface area contributed by atoms with Crippen molar-refractivity contribution in [3.05, 3.63) is 94.3 Å². The fourth-order valence-electron chi connectivity index (χ4n) is 2.97. The molecule has 1 aliphatic rings. The van der Waals surface area contributed by atoms with Crippen LogP contribution >= 0.6 is 24.0 Å². The SMILES string of the molecule is CC.CO.O=Cc1ccc(-c2cccc(/C=C3\SC(=S)N(Cc4ccc(F)cc4)C3=O)n2)cc1. The van der Waals surface area contributed by atoms with Gasteiger partial charge in [0, 0.05) is 18.2 Å². The van der Waals surface area contributed by atoms with Crippen LogP contribution in [0.1, 0.15) is 35.5 Å². The second-order valence-electron chi connectivity index (χ2n) is 6.58. The van der Waals surface area contributed by atoms with Crippen molar-refractivity contribution in [1.29, 1.82) is 0 Å². The summed E-state index contributed by atoms with van der Waals surface area (Å²) >= 11 is 6.59. The minimum atomic E-state index is -0.323. The van der Waals surface area contributed by atoms with Crippen LogP contribution in [0.15, 0.2) is 71.6 Å². The van der Waals surface area contributed by atoms with Crippen LogP contribution in [0.25, 0.3) is 17.3 Å². The van der Waals surface area contributed by atoms with E-state index >= 15 is 0 Å². The number of rotatable bonds is 5. The maximum absolute atomic E-state index is 13.1. The van der Waals surface area contributed by atoms with E-state index in [-0.39, 0.29) is 11.7 Å². The van der Waals surface area contributed by atoms with Gasteiger partial charge in [0.25, 0.3) is 5.91 Å². The molecule has 1 aliphatic heterocycles. The van der Waals surface area contributed by atoms with Crippen molar-refractivity contribution in [2.24, 2.45) is 0 Å². The number of benzene rings is 2. The zero-order chi connectivity index (χ0) is 25.1. The van der Waals surface area contributed by atoms with E-state index in [2.05, 4.69) is 4.98 Å². The molecule has 1 amide bonds. The molecule has 2 aromatic carbocycles. The van der Waals surface area contributed by atoms with Gasteiger partial charge in [-0.25, -0.2) is 9.37 Å². The van der Waals surface area contributed by atoms with E-state index in [9.17, 15) is 14.0 Å². The molecule has 2 heterocycles. The van der Waals surface area contributed by atoms with Gasteiger partial charge in [-0.05, 0) is 35.9 Å². The maximum atomic E-state index is 13.1. The maximum Gasteiger partial charge on any atom is 0.266 e. The molecule has 0 radical (unpaired) electrons. The summed E-state index contributed by atoms with van der Waals surface area (Å²) in [5, 5.41) is 7.00. The van der Waals surface area contributed by atoms with Gasteiger partial charge in [0.2, 0.25) is 0 Å². The Morgan fingerprint density at radius 1 is 1.03 bits per heavy atom. The normalized spacial score (nSPS) is 13.7. The largest absolute Gasteiger partial charge is 0.400 e. The predicted molar refractivity (Wildman–Crippen MR) is 140 cm³/mol. The summed E-state index contributed by atoms with van der Waals surface area (Å²) in [6, 6.07) is 18.7. The highest BCUT2D eigenvalue weighted by molar-refractivity contribution is 8.26. The number of amides is 1. The first-order valence-corrected chi connectivity index (χ1v) is 11.7. The number of pyridine rings is 1. The number of thioether (sulfide) groups is 1. The quantitative estimate of drug-likeness (QED) is 0.276. The van der Waals surface area contributed by atoms with Crippen molar-refractivity contribution >= 4 is 46.6 Å². The van der Waals surface area contributed by atoms with Gasteiger partial charge >= 0.3 is 0 Å². The van der Waals surface area contributed by atoms with Crippen molar-refractivity contribution in [1.82, 2.24) is 9.88 Å². The number of aldehydes is 1. The lowest BCUT2D eigenvalue weighted by atomic mass is 10.1. The third-order valence-electron chi connectivity index (χ3n) is 4.52. The van der Waals surface area contributed by atoms with E-state index in [0.717, 1.165) is 30.2 Å². The number of hydrogen-bond donors (Lipinski definition) is 1. The Morgan fingerprint density at radius 2 is 1.68 bits per heavy atom. The van der Waals surface area contributed by atoms with Gasteiger partial charge in [-0.3, -0.25) is 14.5 Å². The van der Waals surface area contributed by atoms with Crippen molar-refractivity contribution in [3.8, 4) is 11.3 Å². The van der Waals surface area contributed by atoms with Crippen molar-refractivity contribution < 1.29 is 19.1 Å². The molecule has 0 unspecified atom stereocenters. The van der Waals surface area contributed by atoms with Crippen molar-refractivity contribution in [2.75, 3.05) is 7.11 Å². The van der Waals surface area contributed by atoms with E-state index < -0.39 is 0 Å². The standard InChI is InChI=1S/C23H15FN2O2S2.C2H6.CH4O/c24-18-10-6-15(7-11-18)13-26-22(28)21(30-23(26)29)12-19-2-1-3-20(25-19)17-8-4-16(14-27)5-9-17;2*1-2/h1-12,14H,13H2;1-2H3;2H,1H3/b21-12-;;. The van der Waals surface area contributed by atoms with Crippen LogP contribution < -0.4 is 0 Å². The first-order chi connectivity index (χ1) is 16.5. The molecule has 0 spiro atoms. The second-order valence-corrected chi connectivity index (χ2v) is 8.26. The summed E-state index contributed by atoms with van der Waals surface area (Å²) in [7, 11) is 1.00. The van der Waals surface area contributed by atoms with Gasteiger partial charge in [-0.1, -0.05) is 80.3 Å². The lowest BCUT2D eigenvalue weighted by Crippen LogP contribution is -2.27.